The highest BCUT2D eigenvalue weighted by atomic mass is 16.4. The number of carboxylic acid groups (broad SMARTS) is 1. The van der Waals surface area contributed by atoms with Gasteiger partial charge >= 0.3 is 5.97 Å². The number of aryl methyl sites for hydroxylation is 2. The van der Waals surface area contributed by atoms with Gasteiger partial charge in [0.1, 0.15) is 6.04 Å². The lowest BCUT2D eigenvalue weighted by Crippen LogP contribution is -2.32. The lowest BCUT2D eigenvalue weighted by atomic mass is 10.1. The van der Waals surface area contributed by atoms with Crippen LogP contribution >= 0.6 is 0 Å². The number of hydrogen-bond donors (Lipinski definition) is 2. The predicted octanol–water partition coefficient (Wildman–Crippen LogP) is 4.73. The molecule has 0 bridgehead atoms. The molecule has 138 valence electrons. The van der Waals surface area contributed by atoms with Crippen LogP contribution in [0.4, 0.5) is 17.1 Å². The number of nitrogens with two attached hydrogens (primary N) is 1. The van der Waals surface area contributed by atoms with Gasteiger partial charge in [0, 0.05) is 17.1 Å². The van der Waals surface area contributed by atoms with Gasteiger partial charge in [0.2, 0.25) is 0 Å². The van der Waals surface area contributed by atoms with Crippen molar-refractivity contribution in [1.29, 1.82) is 0 Å². The van der Waals surface area contributed by atoms with E-state index in [0.717, 1.165) is 22.6 Å². The van der Waals surface area contributed by atoms with Gasteiger partial charge in [-0.2, -0.15) is 0 Å². The summed E-state index contributed by atoms with van der Waals surface area (Å²) in [7, 11) is 0. The van der Waals surface area contributed by atoms with Crippen LogP contribution in [-0.4, -0.2) is 17.1 Å². The van der Waals surface area contributed by atoms with Crippen molar-refractivity contribution in [2.45, 2.75) is 26.3 Å². The molecule has 27 heavy (non-hydrogen) atoms. The summed E-state index contributed by atoms with van der Waals surface area (Å²) in [6.07, 6.45) is 0.310. The van der Waals surface area contributed by atoms with Crippen molar-refractivity contribution < 1.29 is 9.90 Å². The number of anilines is 3. The normalized spacial score (nSPS) is 11.8. The van der Waals surface area contributed by atoms with Crippen molar-refractivity contribution in [3.63, 3.8) is 0 Å². The van der Waals surface area contributed by atoms with Crippen LogP contribution < -0.4 is 10.6 Å². The minimum atomic E-state index is -0.986. The molecule has 0 saturated heterocycles. The third-order valence-electron chi connectivity index (χ3n) is 4.55. The van der Waals surface area contributed by atoms with Gasteiger partial charge in [-0.3, -0.25) is 4.79 Å². The Kier molecular flexibility index (Phi) is 5.57. The molecule has 4 heteroatoms. The SMILES string of the molecule is Cc1ccc(N(c2ccc(C)cc2)c2ccc(CC(N)C(=O)O)cc2)cc1. The van der Waals surface area contributed by atoms with Crippen LogP contribution in [0.5, 0.6) is 0 Å². The number of hydrogen-bond acceptors (Lipinski definition) is 3. The number of aliphatic carboxylic acids is 1. The highest BCUT2D eigenvalue weighted by Crippen LogP contribution is 2.34. The van der Waals surface area contributed by atoms with Crippen LogP contribution in [0.25, 0.3) is 0 Å². The van der Waals surface area contributed by atoms with Crippen molar-refractivity contribution >= 4 is 23.0 Å². The molecule has 0 aliphatic heterocycles. The zero-order valence-corrected chi connectivity index (χ0v) is 15.6. The first-order valence-electron chi connectivity index (χ1n) is 8.95. The second-order valence-electron chi connectivity index (χ2n) is 6.82. The highest BCUT2D eigenvalue weighted by molar-refractivity contribution is 5.77. The molecule has 0 fully saturated rings. The molecule has 0 spiro atoms. The van der Waals surface area contributed by atoms with E-state index >= 15 is 0 Å². The monoisotopic (exact) mass is 360 g/mol. The van der Waals surface area contributed by atoms with Gasteiger partial charge in [0.25, 0.3) is 0 Å². The molecule has 4 nitrogen and oxygen atoms in total. The molecule has 0 heterocycles. The van der Waals surface area contributed by atoms with Crippen molar-refractivity contribution in [3.8, 4) is 0 Å². The first-order valence-corrected chi connectivity index (χ1v) is 8.95. The Labute approximate surface area is 159 Å². The Morgan fingerprint density at radius 1 is 0.815 bits per heavy atom. The molecule has 1 unspecified atom stereocenters. The van der Waals surface area contributed by atoms with Crippen LogP contribution in [0.3, 0.4) is 0 Å². The maximum atomic E-state index is 11.0. The Hall–Kier alpha value is -3.11. The van der Waals surface area contributed by atoms with E-state index in [1.165, 1.54) is 11.1 Å². The molecule has 0 aliphatic carbocycles. The summed E-state index contributed by atoms with van der Waals surface area (Å²) in [6.45, 7) is 4.14. The molecule has 1 atom stereocenters. The average Bonchev–Trinajstić information content (AvgIpc) is 2.66. The summed E-state index contributed by atoms with van der Waals surface area (Å²) in [6, 6.07) is 23.8. The van der Waals surface area contributed by atoms with E-state index in [4.69, 9.17) is 10.8 Å². The molecule has 3 aromatic carbocycles. The average molecular weight is 360 g/mol. The van der Waals surface area contributed by atoms with Gasteiger partial charge in [-0.05, 0) is 62.2 Å². The standard InChI is InChI=1S/C23H24N2O2/c1-16-3-9-19(10-4-16)25(20-11-5-17(2)6-12-20)21-13-7-18(8-14-21)15-22(24)23(26)27/h3-14,22H,15,24H2,1-2H3,(H,26,27). The molecule has 0 radical (unpaired) electrons. The summed E-state index contributed by atoms with van der Waals surface area (Å²) in [4.78, 5) is 13.2. The van der Waals surface area contributed by atoms with Crippen molar-refractivity contribution in [1.82, 2.24) is 0 Å². The molecule has 3 rings (SSSR count). The zero-order chi connectivity index (χ0) is 19.4. The van der Waals surface area contributed by atoms with E-state index in [1.807, 2.05) is 24.3 Å². The second-order valence-corrected chi connectivity index (χ2v) is 6.82. The van der Waals surface area contributed by atoms with E-state index in [0.29, 0.717) is 6.42 Å². The third-order valence-corrected chi connectivity index (χ3v) is 4.55. The van der Waals surface area contributed by atoms with Crippen molar-refractivity contribution in [3.05, 3.63) is 89.5 Å². The van der Waals surface area contributed by atoms with Gasteiger partial charge in [-0.15, -0.1) is 0 Å². The summed E-state index contributed by atoms with van der Waals surface area (Å²) < 4.78 is 0. The molecule has 3 aromatic rings. The van der Waals surface area contributed by atoms with Gasteiger partial charge in [-0.25, -0.2) is 0 Å². The van der Waals surface area contributed by atoms with E-state index < -0.39 is 12.0 Å². The third kappa shape index (κ3) is 4.54. The van der Waals surface area contributed by atoms with Crippen LogP contribution in [0.1, 0.15) is 16.7 Å². The second kappa shape index (κ2) is 8.06. The first-order chi connectivity index (χ1) is 12.9. The largest absolute Gasteiger partial charge is 0.480 e. The molecular weight excluding hydrogens is 336 g/mol. The molecule has 0 saturated carbocycles. The quantitative estimate of drug-likeness (QED) is 0.667. The fourth-order valence-electron chi connectivity index (χ4n) is 2.96. The molecular formula is C23H24N2O2. The van der Waals surface area contributed by atoms with Crippen LogP contribution in [-0.2, 0) is 11.2 Å². The number of benzene rings is 3. The van der Waals surface area contributed by atoms with Crippen LogP contribution in [0, 0.1) is 13.8 Å². The van der Waals surface area contributed by atoms with Gasteiger partial charge in [0.15, 0.2) is 0 Å². The number of nitrogens with zero attached hydrogens (tertiary/aromatic N) is 1. The Bertz CT molecular complexity index is 855. The maximum Gasteiger partial charge on any atom is 0.320 e. The number of carbonyl (C=O) groups is 1. The molecule has 0 aliphatic rings. The Morgan fingerprint density at radius 2 is 1.19 bits per heavy atom. The number of rotatable bonds is 6. The lowest BCUT2D eigenvalue weighted by Gasteiger charge is -2.26. The van der Waals surface area contributed by atoms with E-state index in [2.05, 4.69) is 67.3 Å². The summed E-state index contributed by atoms with van der Waals surface area (Å²) in [5.41, 5.74) is 12.1. The molecule has 0 aromatic heterocycles. The Balaban J connectivity index is 1.96. The summed E-state index contributed by atoms with van der Waals surface area (Å²) >= 11 is 0. The van der Waals surface area contributed by atoms with E-state index in [9.17, 15) is 4.79 Å². The van der Waals surface area contributed by atoms with E-state index in [-0.39, 0.29) is 0 Å². The zero-order valence-electron chi connectivity index (χ0n) is 15.6. The van der Waals surface area contributed by atoms with Gasteiger partial charge < -0.3 is 15.7 Å². The van der Waals surface area contributed by atoms with Crippen LogP contribution in [0.15, 0.2) is 72.8 Å². The highest BCUT2D eigenvalue weighted by Gasteiger charge is 2.14. The van der Waals surface area contributed by atoms with Crippen molar-refractivity contribution in [2.75, 3.05) is 4.90 Å². The molecule has 0 amide bonds. The maximum absolute atomic E-state index is 11.0. The predicted molar refractivity (Wildman–Crippen MR) is 110 cm³/mol. The summed E-state index contributed by atoms with van der Waals surface area (Å²) in [5, 5.41) is 9.00. The fraction of sp³-hybridized carbons (Fsp3) is 0.174. The Morgan fingerprint density at radius 3 is 1.56 bits per heavy atom. The minimum Gasteiger partial charge on any atom is -0.480 e. The van der Waals surface area contributed by atoms with Crippen LogP contribution in [0.2, 0.25) is 0 Å². The lowest BCUT2D eigenvalue weighted by molar-refractivity contribution is -0.138. The number of carboxylic acids is 1. The van der Waals surface area contributed by atoms with Crippen molar-refractivity contribution in [2.24, 2.45) is 5.73 Å². The van der Waals surface area contributed by atoms with E-state index in [1.54, 1.807) is 0 Å². The fourth-order valence-corrected chi connectivity index (χ4v) is 2.96. The van der Waals surface area contributed by atoms with Gasteiger partial charge in [0.05, 0.1) is 0 Å². The molecule has 3 N–H and O–H groups in total. The topological polar surface area (TPSA) is 66.6 Å². The minimum absolute atomic E-state index is 0.310. The van der Waals surface area contributed by atoms with Gasteiger partial charge in [-0.1, -0.05) is 47.5 Å². The smallest absolute Gasteiger partial charge is 0.320 e. The summed E-state index contributed by atoms with van der Waals surface area (Å²) in [5.74, 6) is -0.986. The first kappa shape index (κ1) is 18.7.